The van der Waals surface area contributed by atoms with Crippen LogP contribution in [0.2, 0.25) is 10.0 Å². The fourth-order valence-electron chi connectivity index (χ4n) is 3.46. The van der Waals surface area contributed by atoms with Gasteiger partial charge in [0.1, 0.15) is 11.3 Å². The Hall–Kier alpha value is -4.14. The summed E-state index contributed by atoms with van der Waals surface area (Å²) >= 11 is 12.0. The maximum absolute atomic E-state index is 13.1. The molecule has 0 bridgehead atoms. The number of barbiturate groups is 1. The van der Waals surface area contributed by atoms with Gasteiger partial charge >= 0.3 is 6.03 Å². The Labute approximate surface area is 216 Å². The molecule has 0 atom stereocenters. The molecule has 0 unspecified atom stereocenters. The molecule has 1 fully saturated rings. The van der Waals surface area contributed by atoms with Gasteiger partial charge in [0.05, 0.1) is 5.69 Å². The number of carbonyl (C=O) groups is 4. The van der Waals surface area contributed by atoms with Gasteiger partial charge in [0.25, 0.3) is 17.7 Å². The van der Waals surface area contributed by atoms with Crippen molar-refractivity contribution in [1.29, 1.82) is 0 Å². The average molecular weight is 524 g/mol. The Balaban J connectivity index is 1.58. The molecule has 1 aliphatic heterocycles. The summed E-state index contributed by atoms with van der Waals surface area (Å²) in [5, 5.41) is 5.61. The first-order valence-corrected chi connectivity index (χ1v) is 11.4. The van der Waals surface area contributed by atoms with Crippen LogP contribution in [0.4, 0.5) is 16.2 Å². The van der Waals surface area contributed by atoms with Crippen molar-refractivity contribution in [3.63, 3.8) is 0 Å². The van der Waals surface area contributed by atoms with E-state index in [-0.39, 0.29) is 29.2 Å². The SMILES string of the molecule is Cc1cccc(NC(=O)COc2ccc(Cl)cc2/C=C2\C(=O)NC(=O)N(c3ccc(Cl)cc3)C2=O)c1. The second kappa shape index (κ2) is 10.6. The summed E-state index contributed by atoms with van der Waals surface area (Å²) < 4.78 is 5.66. The molecule has 0 aromatic heterocycles. The van der Waals surface area contributed by atoms with Crippen molar-refractivity contribution in [3.8, 4) is 5.75 Å². The topological polar surface area (TPSA) is 105 Å². The minimum atomic E-state index is -0.889. The minimum absolute atomic E-state index is 0.210. The van der Waals surface area contributed by atoms with Gasteiger partial charge in [-0.15, -0.1) is 0 Å². The summed E-state index contributed by atoms with van der Waals surface area (Å²) in [4.78, 5) is 51.3. The van der Waals surface area contributed by atoms with Gasteiger partial charge < -0.3 is 10.1 Å². The maximum Gasteiger partial charge on any atom is 0.335 e. The Kier molecular flexibility index (Phi) is 7.38. The highest BCUT2D eigenvalue weighted by Crippen LogP contribution is 2.28. The van der Waals surface area contributed by atoms with Gasteiger partial charge in [0.2, 0.25) is 0 Å². The van der Waals surface area contributed by atoms with Gasteiger partial charge in [-0.3, -0.25) is 19.7 Å². The van der Waals surface area contributed by atoms with E-state index < -0.39 is 23.8 Å². The first kappa shape index (κ1) is 25.0. The monoisotopic (exact) mass is 523 g/mol. The van der Waals surface area contributed by atoms with Gasteiger partial charge in [-0.25, -0.2) is 9.69 Å². The number of aryl methyl sites for hydroxylation is 1. The second-order valence-electron chi connectivity index (χ2n) is 7.82. The van der Waals surface area contributed by atoms with Crippen LogP contribution < -0.4 is 20.3 Å². The number of hydrogen-bond acceptors (Lipinski definition) is 5. The lowest BCUT2D eigenvalue weighted by Gasteiger charge is -2.26. The highest BCUT2D eigenvalue weighted by atomic mass is 35.5. The highest BCUT2D eigenvalue weighted by Gasteiger charge is 2.37. The summed E-state index contributed by atoms with van der Waals surface area (Å²) in [5.74, 6) is -1.91. The van der Waals surface area contributed by atoms with Crippen LogP contribution >= 0.6 is 23.2 Å². The molecule has 1 heterocycles. The first-order chi connectivity index (χ1) is 17.2. The molecule has 0 saturated carbocycles. The molecule has 3 aromatic carbocycles. The zero-order valence-corrected chi connectivity index (χ0v) is 20.4. The van der Waals surface area contributed by atoms with Crippen LogP contribution in [0.3, 0.4) is 0 Å². The number of rotatable bonds is 6. The van der Waals surface area contributed by atoms with E-state index in [0.29, 0.717) is 15.7 Å². The summed E-state index contributed by atoms with van der Waals surface area (Å²) in [6, 6.07) is 16.9. The van der Waals surface area contributed by atoms with Crippen LogP contribution in [0, 0.1) is 6.92 Å². The van der Waals surface area contributed by atoms with Crippen LogP contribution in [0.5, 0.6) is 5.75 Å². The third kappa shape index (κ3) is 5.73. The van der Waals surface area contributed by atoms with Gasteiger partial charge in [-0.05, 0) is 73.2 Å². The molecule has 4 rings (SSSR count). The molecule has 2 N–H and O–H groups in total. The van der Waals surface area contributed by atoms with Crippen LogP contribution in [-0.2, 0) is 14.4 Å². The number of anilines is 2. The number of nitrogens with one attached hydrogen (secondary N) is 2. The standard InChI is InChI=1S/C26H19Cl2N3O5/c1-15-3-2-4-19(11-15)29-23(32)14-36-22-10-7-18(28)12-16(22)13-21-24(33)30-26(35)31(25(21)34)20-8-5-17(27)6-9-20/h2-13H,14H2,1H3,(H,29,32)(H,30,33,35)/b21-13+. The van der Waals surface area contributed by atoms with E-state index in [1.165, 1.54) is 42.5 Å². The number of nitrogens with zero attached hydrogens (tertiary/aromatic N) is 1. The fourth-order valence-corrected chi connectivity index (χ4v) is 3.77. The van der Waals surface area contributed by atoms with Crippen molar-refractivity contribution >= 4 is 64.4 Å². The van der Waals surface area contributed by atoms with Gasteiger partial charge in [0, 0.05) is 21.3 Å². The summed E-state index contributed by atoms with van der Waals surface area (Å²) in [5.41, 5.74) is 1.80. The maximum atomic E-state index is 13.1. The second-order valence-corrected chi connectivity index (χ2v) is 8.70. The predicted octanol–water partition coefficient (Wildman–Crippen LogP) is 4.99. The van der Waals surface area contributed by atoms with Crippen molar-refractivity contribution in [1.82, 2.24) is 5.32 Å². The molecular weight excluding hydrogens is 505 g/mol. The molecule has 0 radical (unpaired) electrons. The minimum Gasteiger partial charge on any atom is -0.483 e. The van der Waals surface area contributed by atoms with Crippen LogP contribution in [-0.4, -0.2) is 30.4 Å². The van der Waals surface area contributed by atoms with E-state index in [4.69, 9.17) is 27.9 Å². The van der Waals surface area contributed by atoms with Crippen LogP contribution in [0.1, 0.15) is 11.1 Å². The fraction of sp³-hybridized carbons (Fsp3) is 0.0769. The Morgan fingerprint density at radius 2 is 1.72 bits per heavy atom. The van der Waals surface area contributed by atoms with Crippen LogP contribution in [0.25, 0.3) is 6.08 Å². The lowest BCUT2D eigenvalue weighted by Crippen LogP contribution is -2.54. The quantitative estimate of drug-likeness (QED) is 0.350. The molecule has 182 valence electrons. The number of urea groups is 1. The lowest BCUT2D eigenvalue weighted by atomic mass is 10.1. The van der Waals surface area contributed by atoms with Crippen molar-refractivity contribution in [2.24, 2.45) is 0 Å². The van der Waals surface area contributed by atoms with E-state index >= 15 is 0 Å². The molecule has 0 spiro atoms. The highest BCUT2D eigenvalue weighted by molar-refractivity contribution is 6.39. The number of hydrogen-bond donors (Lipinski definition) is 2. The molecule has 0 aliphatic carbocycles. The van der Waals surface area contributed by atoms with Crippen molar-refractivity contribution in [2.45, 2.75) is 6.92 Å². The number of benzene rings is 3. The number of halogens is 2. The number of amides is 5. The molecule has 1 saturated heterocycles. The normalized spacial score (nSPS) is 14.6. The van der Waals surface area contributed by atoms with Crippen molar-refractivity contribution < 1.29 is 23.9 Å². The third-order valence-corrected chi connectivity index (χ3v) is 5.61. The zero-order valence-electron chi connectivity index (χ0n) is 18.9. The molecule has 5 amide bonds. The Morgan fingerprint density at radius 3 is 2.44 bits per heavy atom. The van der Waals surface area contributed by atoms with E-state index in [9.17, 15) is 19.2 Å². The first-order valence-electron chi connectivity index (χ1n) is 10.7. The van der Waals surface area contributed by atoms with E-state index in [1.54, 1.807) is 12.1 Å². The Bertz CT molecular complexity index is 1400. The molecule has 10 heteroatoms. The number of imide groups is 2. The largest absolute Gasteiger partial charge is 0.483 e. The van der Waals surface area contributed by atoms with E-state index in [1.807, 2.05) is 25.1 Å². The molecular formula is C26H19Cl2N3O5. The van der Waals surface area contributed by atoms with E-state index in [0.717, 1.165) is 10.5 Å². The van der Waals surface area contributed by atoms with Crippen LogP contribution in [0.15, 0.2) is 72.3 Å². The molecule has 8 nitrogen and oxygen atoms in total. The smallest absolute Gasteiger partial charge is 0.335 e. The molecule has 3 aromatic rings. The van der Waals surface area contributed by atoms with Crippen molar-refractivity contribution in [2.75, 3.05) is 16.8 Å². The predicted molar refractivity (Wildman–Crippen MR) is 137 cm³/mol. The van der Waals surface area contributed by atoms with Crippen molar-refractivity contribution in [3.05, 3.63) is 93.5 Å². The zero-order chi connectivity index (χ0) is 25.8. The average Bonchev–Trinajstić information content (AvgIpc) is 2.82. The van der Waals surface area contributed by atoms with Gasteiger partial charge in [-0.2, -0.15) is 0 Å². The summed E-state index contributed by atoms with van der Waals surface area (Å²) in [6.45, 7) is 1.57. The summed E-state index contributed by atoms with van der Waals surface area (Å²) in [7, 11) is 0. The number of ether oxygens (including phenoxy) is 1. The lowest BCUT2D eigenvalue weighted by molar-refractivity contribution is -0.122. The van der Waals surface area contributed by atoms with Gasteiger partial charge in [-0.1, -0.05) is 35.3 Å². The number of carbonyl (C=O) groups excluding carboxylic acids is 4. The Morgan fingerprint density at radius 1 is 1.00 bits per heavy atom. The summed E-state index contributed by atoms with van der Waals surface area (Å²) in [6.07, 6.45) is 1.26. The third-order valence-electron chi connectivity index (χ3n) is 5.12. The molecule has 36 heavy (non-hydrogen) atoms. The van der Waals surface area contributed by atoms with E-state index in [2.05, 4.69) is 10.6 Å². The molecule has 1 aliphatic rings. The van der Waals surface area contributed by atoms with Gasteiger partial charge in [0.15, 0.2) is 6.61 Å².